The molecule has 0 spiro atoms. The maximum absolute atomic E-state index is 11.0. The lowest BCUT2D eigenvalue weighted by Gasteiger charge is -2.18. The second kappa shape index (κ2) is 4.66. The van der Waals surface area contributed by atoms with Crippen LogP contribution in [0.1, 0.15) is 13.8 Å². The molecule has 0 aliphatic heterocycles. The van der Waals surface area contributed by atoms with Crippen LogP contribution in [0.15, 0.2) is 12.2 Å². The van der Waals surface area contributed by atoms with Gasteiger partial charge in [0.2, 0.25) is 5.91 Å². The number of hydrogen-bond donors (Lipinski definition) is 0. The van der Waals surface area contributed by atoms with E-state index in [0.717, 1.165) is 0 Å². The van der Waals surface area contributed by atoms with Gasteiger partial charge in [-0.2, -0.15) is 0 Å². The van der Waals surface area contributed by atoms with E-state index in [1.165, 1.54) is 12.2 Å². The largest absolute Gasteiger partial charge is 0.340 e. The second-order valence-electron chi connectivity index (χ2n) is 2.54. The molecule has 0 saturated heterocycles. The van der Waals surface area contributed by atoms with Crippen molar-refractivity contribution in [2.24, 2.45) is 0 Å². The number of nitrogens with zero attached hydrogens (tertiary/aromatic N) is 1. The number of carbonyl (C=O) groups is 2. The zero-order chi connectivity index (χ0) is 8.85. The van der Waals surface area contributed by atoms with Crippen LogP contribution in [-0.4, -0.2) is 30.2 Å². The SMILES string of the molecule is CC(C)N(C)C(=O)/C=C\C=O. The van der Waals surface area contributed by atoms with Crippen molar-refractivity contribution in [3.8, 4) is 0 Å². The predicted octanol–water partition coefficient (Wildman–Crippen LogP) is 0.608. The van der Waals surface area contributed by atoms with Crippen LogP contribution in [0.3, 0.4) is 0 Å². The highest BCUT2D eigenvalue weighted by molar-refractivity contribution is 5.90. The Labute approximate surface area is 66.7 Å². The van der Waals surface area contributed by atoms with Crippen molar-refractivity contribution < 1.29 is 9.59 Å². The molecular weight excluding hydrogens is 142 g/mol. The van der Waals surface area contributed by atoms with Crippen molar-refractivity contribution in [3.05, 3.63) is 12.2 Å². The van der Waals surface area contributed by atoms with E-state index in [-0.39, 0.29) is 11.9 Å². The Bertz CT molecular complexity index is 173. The molecule has 0 radical (unpaired) electrons. The monoisotopic (exact) mass is 155 g/mol. The molecule has 0 fully saturated rings. The molecule has 11 heavy (non-hydrogen) atoms. The molecule has 0 aromatic carbocycles. The molecule has 0 aliphatic rings. The quantitative estimate of drug-likeness (QED) is 0.442. The zero-order valence-corrected chi connectivity index (χ0v) is 7.07. The van der Waals surface area contributed by atoms with Crippen LogP contribution in [0, 0.1) is 0 Å². The summed E-state index contributed by atoms with van der Waals surface area (Å²) >= 11 is 0. The van der Waals surface area contributed by atoms with Gasteiger partial charge in [0.1, 0.15) is 6.29 Å². The number of allylic oxidation sites excluding steroid dienone is 1. The van der Waals surface area contributed by atoms with Crippen LogP contribution in [0.2, 0.25) is 0 Å². The van der Waals surface area contributed by atoms with Crippen LogP contribution in [-0.2, 0) is 9.59 Å². The topological polar surface area (TPSA) is 37.4 Å². The normalized spacial score (nSPS) is 10.5. The highest BCUT2D eigenvalue weighted by atomic mass is 16.2. The molecule has 0 atom stereocenters. The summed E-state index contributed by atoms with van der Waals surface area (Å²) in [4.78, 5) is 22.4. The Morgan fingerprint density at radius 1 is 1.45 bits per heavy atom. The highest BCUT2D eigenvalue weighted by Crippen LogP contribution is 1.94. The molecule has 1 amide bonds. The predicted molar refractivity (Wildman–Crippen MR) is 43.1 cm³/mol. The number of aldehydes is 1. The molecule has 0 aromatic rings. The van der Waals surface area contributed by atoms with Crippen LogP contribution in [0.4, 0.5) is 0 Å². The molecule has 0 rings (SSSR count). The first-order valence-electron chi connectivity index (χ1n) is 3.48. The Hall–Kier alpha value is -1.12. The standard InChI is InChI=1S/C8H13NO2/c1-7(2)9(3)8(11)5-4-6-10/h4-7H,1-3H3/b5-4-. The van der Waals surface area contributed by atoms with Crippen molar-refractivity contribution in [1.29, 1.82) is 0 Å². The average Bonchev–Trinajstić information content (AvgIpc) is 1.98. The van der Waals surface area contributed by atoms with Gasteiger partial charge in [0.25, 0.3) is 0 Å². The van der Waals surface area contributed by atoms with Crippen LogP contribution >= 0.6 is 0 Å². The number of amides is 1. The second-order valence-corrected chi connectivity index (χ2v) is 2.54. The first-order chi connectivity index (χ1) is 5.09. The molecule has 0 aliphatic carbocycles. The van der Waals surface area contributed by atoms with E-state index in [1.54, 1.807) is 11.9 Å². The van der Waals surface area contributed by atoms with E-state index in [9.17, 15) is 9.59 Å². The van der Waals surface area contributed by atoms with E-state index in [0.29, 0.717) is 6.29 Å². The average molecular weight is 155 g/mol. The number of likely N-dealkylation sites (N-methyl/N-ethyl adjacent to an activating group) is 1. The molecule has 3 nitrogen and oxygen atoms in total. The lowest BCUT2D eigenvalue weighted by Crippen LogP contribution is -2.31. The van der Waals surface area contributed by atoms with Crippen molar-refractivity contribution in [2.75, 3.05) is 7.05 Å². The molecule has 0 bridgehead atoms. The van der Waals surface area contributed by atoms with Gasteiger partial charge in [0.15, 0.2) is 0 Å². The molecule has 0 aromatic heterocycles. The van der Waals surface area contributed by atoms with Gasteiger partial charge in [-0.05, 0) is 19.9 Å². The molecule has 0 saturated carbocycles. The van der Waals surface area contributed by atoms with Gasteiger partial charge >= 0.3 is 0 Å². The lowest BCUT2D eigenvalue weighted by molar-refractivity contribution is -0.126. The summed E-state index contributed by atoms with van der Waals surface area (Å²) in [5, 5.41) is 0. The third-order valence-corrected chi connectivity index (χ3v) is 1.44. The Morgan fingerprint density at radius 2 is 2.00 bits per heavy atom. The van der Waals surface area contributed by atoms with Gasteiger partial charge in [-0.3, -0.25) is 9.59 Å². The molecule has 0 unspecified atom stereocenters. The van der Waals surface area contributed by atoms with Gasteiger partial charge in [-0.1, -0.05) is 0 Å². The highest BCUT2D eigenvalue weighted by Gasteiger charge is 2.06. The minimum atomic E-state index is -0.146. The van der Waals surface area contributed by atoms with Gasteiger partial charge in [0.05, 0.1) is 0 Å². The number of hydrogen-bond acceptors (Lipinski definition) is 2. The molecule has 3 heteroatoms. The minimum absolute atomic E-state index is 0.146. The summed E-state index contributed by atoms with van der Waals surface area (Å²) < 4.78 is 0. The van der Waals surface area contributed by atoms with Crippen molar-refractivity contribution in [3.63, 3.8) is 0 Å². The smallest absolute Gasteiger partial charge is 0.246 e. The first kappa shape index (κ1) is 9.88. The van der Waals surface area contributed by atoms with Crippen molar-refractivity contribution in [1.82, 2.24) is 4.90 Å². The van der Waals surface area contributed by atoms with Crippen LogP contribution in [0.25, 0.3) is 0 Å². The summed E-state index contributed by atoms with van der Waals surface area (Å²) in [6, 6.07) is 0.166. The molecule has 62 valence electrons. The summed E-state index contributed by atoms with van der Waals surface area (Å²) in [5.74, 6) is -0.146. The fraction of sp³-hybridized carbons (Fsp3) is 0.500. The van der Waals surface area contributed by atoms with Gasteiger partial charge < -0.3 is 4.90 Å². The third-order valence-electron chi connectivity index (χ3n) is 1.44. The summed E-state index contributed by atoms with van der Waals surface area (Å²) in [6.07, 6.45) is 3.04. The molecular formula is C8H13NO2. The Kier molecular flexibility index (Phi) is 4.18. The zero-order valence-electron chi connectivity index (χ0n) is 7.07. The lowest BCUT2D eigenvalue weighted by atomic mass is 10.3. The summed E-state index contributed by atoms with van der Waals surface area (Å²) in [7, 11) is 1.70. The fourth-order valence-electron chi connectivity index (χ4n) is 0.494. The van der Waals surface area contributed by atoms with E-state index < -0.39 is 0 Å². The number of rotatable bonds is 3. The third kappa shape index (κ3) is 3.55. The van der Waals surface area contributed by atoms with Gasteiger partial charge in [-0.25, -0.2) is 0 Å². The summed E-state index contributed by atoms with van der Waals surface area (Å²) in [5.41, 5.74) is 0. The van der Waals surface area contributed by atoms with Crippen LogP contribution in [0.5, 0.6) is 0 Å². The fourth-order valence-corrected chi connectivity index (χ4v) is 0.494. The van der Waals surface area contributed by atoms with Crippen LogP contribution < -0.4 is 0 Å². The van der Waals surface area contributed by atoms with E-state index >= 15 is 0 Å². The Balaban J connectivity index is 4.03. The summed E-state index contributed by atoms with van der Waals surface area (Å²) in [6.45, 7) is 3.82. The minimum Gasteiger partial charge on any atom is -0.340 e. The maximum Gasteiger partial charge on any atom is 0.246 e. The molecule has 0 N–H and O–H groups in total. The number of carbonyl (C=O) groups excluding carboxylic acids is 2. The van der Waals surface area contributed by atoms with Gasteiger partial charge in [0, 0.05) is 19.2 Å². The van der Waals surface area contributed by atoms with Gasteiger partial charge in [-0.15, -0.1) is 0 Å². The molecule has 0 heterocycles. The Morgan fingerprint density at radius 3 is 2.36 bits per heavy atom. The van der Waals surface area contributed by atoms with E-state index in [2.05, 4.69) is 0 Å². The van der Waals surface area contributed by atoms with Crippen molar-refractivity contribution >= 4 is 12.2 Å². The first-order valence-corrected chi connectivity index (χ1v) is 3.48. The van der Waals surface area contributed by atoms with E-state index in [4.69, 9.17) is 0 Å². The van der Waals surface area contributed by atoms with E-state index in [1.807, 2.05) is 13.8 Å². The van der Waals surface area contributed by atoms with Crippen molar-refractivity contribution in [2.45, 2.75) is 19.9 Å². The maximum atomic E-state index is 11.0.